The molecule has 3 rings (SSSR count). The summed E-state index contributed by atoms with van der Waals surface area (Å²) in [4.78, 5) is 51.2. The van der Waals surface area contributed by atoms with Gasteiger partial charge in [0.25, 0.3) is 0 Å². The van der Waals surface area contributed by atoms with E-state index in [0.717, 1.165) is 5.57 Å². The number of esters is 1. The molecule has 0 aromatic rings. The molecule has 0 aromatic heterocycles. The normalized spacial score (nSPS) is 36.6. The summed E-state index contributed by atoms with van der Waals surface area (Å²) >= 11 is 0. The van der Waals surface area contributed by atoms with E-state index in [1.807, 2.05) is 6.92 Å². The first-order chi connectivity index (χ1) is 17.9. The first-order valence-electron chi connectivity index (χ1n) is 13.8. The summed E-state index contributed by atoms with van der Waals surface area (Å²) in [7, 11) is 0. The van der Waals surface area contributed by atoms with Crippen LogP contribution < -0.4 is 0 Å². The predicted octanol–water partition coefficient (Wildman–Crippen LogP) is 5.53. The Morgan fingerprint density at radius 2 is 1.64 bits per heavy atom. The number of aliphatic hydroxyl groups is 1. The van der Waals surface area contributed by atoms with Crippen molar-refractivity contribution in [3.05, 3.63) is 47.1 Å². The van der Waals surface area contributed by atoms with Crippen LogP contribution in [0.2, 0.25) is 0 Å². The summed E-state index contributed by atoms with van der Waals surface area (Å²) in [6, 6.07) is 0. The summed E-state index contributed by atoms with van der Waals surface area (Å²) in [6.07, 6.45) is 10.2. The Kier molecular flexibility index (Phi) is 8.39. The zero-order chi connectivity index (χ0) is 29.6. The Balaban J connectivity index is 1.94. The van der Waals surface area contributed by atoms with Crippen LogP contribution >= 0.6 is 0 Å². The molecule has 7 heteroatoms. The molecule has 3 aliphatic carbocycles. The van der Waals surface area contributed by atoms with Crippen LogP contribution in [-0.2, 0) is 23.9 Å². The van der Waals surface area contributed by atoms with Crippen molar-refractivity contribution in [3.63, 3.8) is 0 Å². The Labute approximate surface area is 232 Å². The van der Waals surface area contributed by atoms with E-state index in [0.29, 0.717) is 36.8 Å². The summed E-state index contributed by atoms with van der Waals surface area (Å²) in [6.45, 7) is 14.1. The number of carboxylic acid groups (broad SMARTS) is 1. The summed E-state index contributed by atoms with van der Waals surface area (Å²) in [5.41, 5.74) is -1.34. The van der Waals surface area contributed by atoms with Crippen LogP contribution in [0, 0.1) is 28.1 Å². The monoisotopic (exact) mass is 540 g/mol. The average molecular weight is 541 g/mol. The first-order valence-corrected chi connectivity index (χ1v) is 13.8. The molecule has 2 N–H and O–H groups in total. The third kappa shape index (κ3) is 5.60. The Morgan fingerprint density at radius 1 is 1.00 bits per heavy atom. The standard InChI is InChI=1S/C32H44O7/c1-19(10-9-15-29(4,5)38)11-12-22(34)20(2)27-23(35)18-25-30(6)17-14-26(39-21(3)33)32(8,28(36)37)24(30)13-16-31(25,27)7/h9-12,15,24-26,38H,13-14,16-18H2,1-8H3,(H,36,37)/b12-11+,15-9+,19-10+,27-20+/t24-,25+,26?,30+,31+,32?/m1/s1. The van der Waals surface area contributed by atoms with Gasteiger partial charge in [-0.15, -0.1) is 0 Å². The van der Waals surface area contributed by atoms with E-state index in [1.54, 1.807) is 52.0 Å². The number of allylic oxidation sites excluding steroid dienone is 7. The summed E-state index contributed by atoms with van der Waals surface area (Å²) in [5.74, 6) is -2.11. The molecule has 39 heavy (non-hydrogen) atoms. The minimum absolute atomic E-state index is 0.0388. The minimum atomic E-state index is -1.26. The number of rotatable bonds is 7. The molecule has 0 aromatic carbocycles. The lowest BCUT2D eigenvalue weighted by atomic mass is 9.42. The van der Waals surface area contributed by atoms with Crippen molar-refractivity contribution in [2.75, 3.05) is 0 Å². The molecule has 3 saturated carbocycles. The van der Waals surface area contributed by atoms with E-state index in [4.69, 9.17) is 4.74 Å². The zero-order valence-corrected chi connectivity index (χ0v) is 24.6. The van der Waals surface area contributed by atoms with Gasteiger partial charge in [0.15, 0.2) is 11.6 Å². The number of hydrogen-bond acceptors (Lipinski definition) is 6. The maximum atomic E-state index is 13.5. The number of ether oxygens (including phenoxy) is 1. The van der Waals surface area contributed by atoms with Gasteiger partial charge < -0.3 is 14.9 Å². The predicted molar refractivity (Wildman–Crippen MR) is 149 cm³/mol. The molecule has 0 amide bonds. The highest BCUT2D eigenvalue weighted by Crippen LogP contribution is 2.69. The molecule has 0 spiro atoms. The Morgan fingerprint density at radius 3 is 2.21 bits per heavy atom. The molecule has 3 fully saturated rings. The number of fused-ring (bicyclic) bond motifs is 3. The highest BCUT2D eigenvalue weighted by Gasteiger charge is 2.68. The van der Waals surface area contributed by atoms with Crippen molar-refractivity contribution in [1.82, 2.24) is 0 Å². The number of aliphatic carboxylic acids is 1. The average Bonchev–Trinajstić information content (AvgIpc) is 3.09. The van der Waals surface area contributed by atoms with Gasteiger partial charge in [-0.25, -0.2) is 0 Å². The fraction of sp³-hybridized carbons (Fsp3) is 0.625. The smallest absolute Gasteiger partial charge is 0.313 e. The lowest BCUT2D eigenvalue weighted by molar-refractivity contribution is -0.204. The van der Waals surface area contributed by atoms with Crippen LogP contribution in [0.3, 0.4) is 0 Å². The highest BCUT2D eigenvalue weighted by molar-refractivity contribution is 6.12. The number of hydrogen-bond donors (Lipinski definition) is 2. The summed E-state index contributed by atoms with van der Waals surface area (Å²) in [5, 5.41) is 20.2. The molecule has 0 saturated heterocycles. The van der Waals surface area contributed by atoms with Crippen LogP contribution in [0.25, 0.3) is 0 Å². The molecule has 2 unspecified atom stereocenters. The second-order valence-corrected chi connectivity index (χ2v) is 13.0. The van der Waals surface area contributed by atoms with Crippen molar-refractivity contribution in [3.8, 4) is 0 Å². The molecule has 0 heterocycles. The molecule has 0 bridgehead atoms. The lowest BCUT2D eigenvalue weighted by Gasteiger charge is -2.61. The Bertz CT molecular complexity index is 1180. The molecular formula is C32H44O7. The number of ketones is 2. The fourth-order valence-electron chi connectivity index (χ4n) is 7.83. The highest BCUT2D eigenvalue weighted by atomic mass is 16.5. The SMILES string of the molecule is CC(=O)OC1CC[C@@]2(C)[C@@H](CC[C@]3(C)/C(=C(\C)C(=O)/C=C/C(C)=C/C=C/C(C)(C)O)C(=O)C[C@@H]23)C1(C)C(=O)O. The molecule has 0 radical (unpaired) electrons. The van der Waals surface area contributed by atoms with E-state index in [2.05, 4.69) is 13.8 Å². The van der Waals surface area contributed by atoms with Gasteiger partial charge in [0, 0.05) is 29.9 Å². The topological polar surface area (TPSA) is 118 Å². The maximum absolute atomic E-state index is 13.5. The third-order valence-corrected chi connectivity index (χ3v) is 9.77. The van der Waals surface area contributed by atoms with Crippen molar-refractivity contribution in [2.24, 2.45) is 28.1 Å². The van der Waals surface area contributed by atoms with Crippen LogP contribution in [0.4, 0.5) is 0 Å². The zero-order valence-electron chi connectivity index (χ0n) is 24.6. The quantitative estimate of drug-likeness (QED) is 0.248. The van der Waals surface area contributed by atoms with Gasteiger partial charge in [-0.1, -0.05) is 43.7 Å². The number of carbonyl (C=O) groups is 4. The van der Waals surface area contributed by atoms with E-state index < -0.39 is 39.9 Å². The van der Waals surface area contributed by atoms with Gasteiger partial charge in [-0.2, -0.15) is 0 Å². The Hall–Kier alpha value is -2.80. The van der Waals surface area contributed by atoms with Crippen molar-refractivity contribution < 1.29 is 34.1 Å². The van der Waals surface area contributed by atoms with Crippen LogP contribution in [0.15, 0.2) is 47.1 Å². The lowest BCUT2D eigenvalue weighted by Crippen LogP contribution is -2.61. The van der Waals surface area contributed by atoms with Crippen LogP contribution in [-0.4, -0.2) is 45.4 Å². The fourth-order valence-corrected chi connectivity index (χ4v) is 7.83. The second kappa shape index (κ2) is 10.6. The van der Waals surface area contributed by atoms with Crippen molar-refractivity contribution in [1.29, 1.82) is 0 Å². The van der Waals surface area contributed by atoms with E-state index >= 15 is 0 Å². The molecule has 6 atom stereocenters. The molecule has 3 aliphatic rings. The van der Waals surface area contributed by atoms with Gasteiger partial charge in [-0.3, -0.25) is 19.2 Å². The number of carboxylic acids is 1. The number of carbonyl (C=O) groups excluding carboxylic acids is 3. The van der Waals surface area contributed by atoms with Gasteiger partial charge in [0.1, 0.15) is 11.5 Å². The van der Waals surface area contributed by atoms with E-state index in [-0.39, 0.29) is 29.8 Å². The minimum Gasteiger partial charge on any atom is -0.481 e. The third-order valence-electron chi connectivity index (χ3n) is 9.77. The van der Waals surface area contributed by atoms with E-state index in [9.17, 15) is 29.4 Å². The van der Waals surface area contributed by atoms with Crippen molar-refractivity contribution >= 4 is 23.5 Å². The first kappa shape index (κ1) is 30.7. The van der Waals surface area contributed by atoms with E-state index in [1.165, 1.54) is 13.0 Å². The maximum Gasteiger partial charge on any atom is 0.313 e. The van der Waals surface area contributed by atoms with Crippen LogP contribution in [0.1, 0.15) is 87.5 Å². The molecule has 7 nitrogen and oxygen atoms in total. The van der Waals surface area contributed by atoms with Gasteiger partial charge >= 0.3 is 11.9 Å². The molecular weight excluding hydrogens is 496 g/mol. The molecule has 214 valence electrons. The number of Topliss-reactive ketones (excluding diaryl/α,β-unsaturated/α-hetero) is 1. The van der Waals surface area contributed by atoms with Gasteiger partial charge in [0.2, 0.25) is 0 Å². The van der Waals surface area contributed by atoms with Crippen molar-refractivity contribution in [2.45, 2.75) is 99.2 Å². The van der Waals surface area contributed by atoms with Gasteiger partial charge in [-0.05, 0) is 83.6 Å². The van der Waals surface area contributed by atoms with Gasteiger partial charge in [0.05, 0.1) is 5.60 Å². The second-order valence-electron chi connectivity index (χ2n) is 13.0. The largest absolute Gasteiger partial charge is 0.481 e. The van der Waals surface area contributed by atoms with Crippen LogP contribution in [0.5, 0.6) is 0 Å². The summed E-state index contributed by atoms with van der Waals surface area (Å²) < 4.78 is 5.53. The molecule has 0 aliphatic heterocycles.